The zero-order valence-corrected chi connectivity index (χ0v) is 37.8. The van der Waals surface area contributed by atoms with Crippen LogP contribution in [0.5, 0.6) is 0 Å². The number of rotatable bonds is 9. The molecule has 0 radical (unpaired) electrons. The summed E-state index contributed by atoms with van der Waals surface area (Å²) < 4.78 is 141. The maximum Gasteiger partial charge on any atom is 0.179 e. The van der Waals surface area contributed by atoms with Crippen molar-refractivity contribution in [3.05, 3.63) is 279 Å². The molecule has 13 aromatic rings. The van der Waals surface area contributed by atoms with E-state index in [0.29, 0.717) is 21.8 Å². The molecule has 0 saturated carbocycles. The van der Waals surface area contributed by atoms with Crippen LogP contribution in [0.15, 0.2) is 279 Å². The molecule has 0 spiro atoms. The van der Waals surface area contributed by atoms with E-state index in [-0.39, 0.29) is 39.1 Å². The number of hydrogen-bond acceptors (Lipinski definition) is 0. The maximum absolute atomic E-state index is 9.62. The SMILES string of the molecule is [2H]c1c([2H])c([2H])c(-c2cc(-c3c([2H])c([2H])c([2H])c([2H])c3[2H])c(-n3c4ccc(-n5c6ccccc6c6ccccc65)cc4c4cc([Si](c5ccccc5)(c5ccccc5)c5ccccc5)ccc43)c(-c3c([2H])c([2H])c([2H])c([2H])c3[2H])c2)c([2H])c1[2H]. The highest BCUT2D eigenvalue weighted by Gasteiger charge is 2.41. The van der Waals surface area contributed by atoms with Gasteiger partial charge in [0.2, 0.25) is 0 Å². The lowest BCUT2D eigenvalue weighted by molar-refractivity contribution is 1.17. The molecule has 0 aliphatic rings. The van der Waals surface area contributed by atoms with Crippen molar-refractivity contribution < 1.29 is 20.6 Å². The largest absolute Gasteiger partial charge is 0.309 e. The van der Waals surface area contributed by atoms with Crippen molar-refractivity contribution in [3.63, 3.8) is 0 Å². The first kappa shape index (κ1) is 27.8. The van der Waals surface area contributed by atoms with Gasteiger partial charge in [0.05, 0.1) is 48.3 Å². The van der Waals surface area contributed by atoms with Crippen LogP contribution in [0.3, 0.4) is 0 Å². The number of hydrogen-bond donors (Lipinski definition) is 0. The fourth-order valence-corrected chi connectivity index (χ4v) is 15.2. The Balaban J connectivity index is 1.27. The number of para-hydroxylation sites is 2. The topological polar surface area (TPSA) is 9.86 Å². The molecule has 0 fully saturated rings. The van der Waals surface area contributed by atoms with E-state index in [1.165, 1.54) is 12.1 Å². The van der Waals surface area contributed by atoms with Gasteiger partial charge in [0.1, 0.15) is 0 Å². The standard InChI is InChI=1S/C66H46N2Si/c1-7-23-47(24-8-1)50-43-58(48-25-9-2-10-26-48)66(59(44-50)49-27-11-3-12-28-49)68-64-41-39-51(67-62-37-21-19-35-56(62)57-36-20-22-38-63(57)67)45-60(64)61-46-55(40-42-65(61)68)69(52-29-13-4-14-30-52,53-31-15-5-16-32-53)54-33-17-6-18-34-54/h1-46H/i1D,2D,3D,7D,8D,9D,10D,11D,12D,23D,24D,25D,26D,27D,28D. The number of nitrogens with zero attached hydrogens (tertiary/aromatic N) is 2. The fraction of sp³-hybridized carbons (Fsp3) is 0. The van der Waals surface area contributed by atoms with Gasteiger partial charge >= 0.3 is 0 Å². The number of aromatic nitrogens is 2. The van der Waals surface area contributed by atoms with Gasteiger partial charge in [0.25, 0.3) is 0 Å². The highest BCUT2D eigenvalue weighted by molar-refractivity contribution is 7.20. The molecule has 0 saturated heterocycles. The summed E-state index contributed by atoms with van der Waals surface area (Å²) in [6.45, 7) is 0. The summed E-state index contributed by atoms with van der Waals surface area (Å²) in [5.41, 5.74) is 2.35. The molecule has 2 aromatic heterocycles. The smallest absolute Gasteiger partial charge is 0.179 e. The molecule has 0 N–H and O–H groups in total. The minimum atomic E-state index is -3.29. The second-order valence-electron chi connectivity index (χ2n) is 16.9. The van der Waals surface area contributed by atoms with Crippen molar-refractivity contribution in [1.82, 2.24) is 9.13 Å². The Hall–Kier alpha value is -8.76. The molecule has 69 heavy (non-hydrogen) atoms. The van der Waals surface area contributed by atoms with Gasteiger partial charge < -0.3 is 9.13 Å². The molecule has 3 heteroatoms. The van der Waals surface area contributed by atoms with Crippen LogP contribution in [-0.2, 0) is 0 Å². The summed E-state index contributed by atoms with van der Waals surface area (Å²) >= 11 is 0. The van der Waals surface area contributed by atoms with Crippen molar-refractivity contribution in [3.8, 4) is 44.8 Å². The van der Waals surface area contributed by atoms with Gasteiger partial charge in [0.15, 0.2) is 8.07 Å². The lowest BCUT2D eigenvalue weighted by atomic mass is 9.90. The molecule has 0 aliphatic carbocycles. The van der Waals surface area contributed by atoms with Crippen LogP contribution < -0.4 is 20.7 Å². The molecule has 0 bridgehead atoms. The zero-order chi connectivity index (χ0) is 58.8. The van der Waals surface area contributed by atoms with Gasteiger partial charge in [-0.15, -0.1) is 0 Å². The summed E-state index contributed by atoms with van der Waals surface area (Å²) in [4.78, 5) is 0. The number of fused-ring (bicyclic) bond motifs is 6. The van der Waals surface area contributed by atoms with Gasteiger partial charge in [-0.25, -0.2) is 0 Å². The summed E-state index contributed by atoms with van der Waals surface area (Å²) in [6.07, 6.45) is 0. The Kier molecular flexibility index (Phi) is 6.78. The van der Waals surface area contributed by atoms with E-state index in [2.05, 4.69) is 83.4 Å². The monoisotopic (exact) mass is 909 g/mol. The predicted molar refractivity (Wildman–Crippen MR) is 295 cm³/mol. The molecule has 324 valence electrons. The Bertz CT molecular complexity index is 4580. The molecule has 2 heterocycles. The molecule has 2 nitrogen and oxygen atoms in total. The van der Waals surface area contributed by atoms with Crippen molar-refractivity contribution in [2.24, 2.45) is 0 Å². The molecule has 0 atom stereocenters. The third-order valence-electron chi connectivity index (χ3n) is 13.3. The fourth-order valence-electron chi connectivity index (χ4n) is 10.5. The van der Waals surface area contributed by atoms with Crippen molar-refractivity contribution in [1.29, 1.82) is 0 Å². The average molecular weight is 910 g/mol. The van der Waals surface area contributed by atoms with Gasteiger partial charge in [-0.3, -0.25) is 0 Å². The third-order valence-corrected chi connectivity index (χ3v) is 18.1. The van der Waals surface area contributed by atoms with Crippen molar-refractivity contribution in [2.75, 3.05) is 0 Å². The van der Waals surface area contributed by atoms with Crippen LogP contribution in [-0.4, -0.2) is 17.2 Å². The highest BCUT2D eigenvalue weighted by atomic mass is 28.3. The van der Waals surface area contributed by atoms with Crippen LogP contribution in [0.4, 0.5) is 0 Å². The van der Waals surface area contributed by atoms with Gasteiger partial charge in [0, 0.05) is 38.4 Å². The normalized spacial score (nSPS) is 14.8. The summed E-state index contributed by atoms with van der Waals surface area (Å²) in [5.74, 6) is 0. The predicted octanol–water partition coefficient (Wildman–Crippen LogP) is 14.3. The van der Waals surface area contributed by atoms with Crippen molar-refractivity contribution >= 4 is 72.4 Å². The summed E-state index contributed by atoms with van der Waals surface area (Å²) in [7, 11) is -3.29. The van der Waals surface area contributed by atoms with Crippen LogP contribution in [0.25, 0.3) is 88.4 Å². The molecular weight excluding hydrogens is 849 g/mol. The molecule has 0 unspecified atom stereocenters. The minimum absolute atomic E-state index is 0.0261. The van der Waals surface area contributed by atoms with Gasteiger partial charge in [-0.1, -0.05) is 230 Å². The first-order valence-corrected chi connectivity index (χ1v) is 24.6. The molecule has 11 aromatic carbocycles. The minimum Gasteiger partial charge on any atom is -0.309 e. The summed E-state index contributed by atoms with van der Waals surface area (Å²) in [6, 6.07) is 52.5. The molecular formula is C66H46N2Si. The van der Waals surface area contributed by atoms with E-state index in [1.54, 1.807) is 0 Å². The van der Waals surface area contributed by atoms with E-state index in [4.69, 9.17) is 12.3 Å². The lowest BCUT2D eigenvalue weighted by Gasteiger charge is -2.34. The average Bonchev–Trinajstić information content (AvgIpc) is 1.65. The Labute approximate surface area is 424 Å². The van der Waals surface area contributed by atoms with Gasteiger partial charge in [-0.2, -0.15) is 0 Å². The van der Waals surface area contributed by atoms with E-state index in [9.17, 15) is 8.22 Å². The molecule has 0 aliphatic heterocycles. The first-order chi connectivity index (χ1) is 40.5. The lowest BCUT2D eigenvalue weighted by Crippen LogP contribution is -2.74. The molecule has 0 amide bonds. The Morgan fingerprint density at radius 2 is 0.696 bits per heavy atom. The van der Waals surface area contributed by atoms with E-state index in [0.717, 1.165) is 48.2 Å². The van der Waals surface area contributed by atoms with Gasteiger partial charge in [-0.05, 0) is 91.5 Å². The van der Waals surface area contributed by atoms with Crippen LogP contribution in [0.1, 0.15) is 20.6 Å². The second kappa shape index (κ2) is 16.8. The Morgan fingerprint density at radius 1 is 0.290 bits per heavy atom. The second-order valence-corrected chi connectivity index (χ2v) is 20.7. The quantitative estimate of drug-likeness (QED) is 0.101. The van der Waals surface area contributed by atoms with Crippen LogP contribution in [0.2, 0.25) is 0 Å². The number of benzene rings is 11. The van der Waals surface area contributed by atoms with E-state index in [1.807, 2.05) is 102 Å². The maximum atomic E-state index is 9.62. The van der Waals surface area contributed by atoms with Crippen LogP contribution >= 0.6 is 0 Å². The van der Waals surface area contributed by atoms with E-state index >= 15 is 0 Å². The van der Waals surface area contributed by atoms with Crippen LogP contribution in [0, 0.1) is 0 Å². The summed E-state index contributed by atoms with van der Waals surface area (Å²) in [5, 5.41) is 7.77. The Morgan fingerprint density at radius 3 is 1.19 bits per heavy atom. The first-order valence-electron chi connectivity index (χ1n) is 30.1. The highest BCUT2D eigenvalue weighted by Crippen LogP contribution is 2.44. The zero-order valence-electron chi connectivity index (χ0n) is 51.8. The van der Waals surface area contributed by atoms with Crippen molar-refractivity contribution in [2.45, 2.75) is 0 Å². The third kappa shape index (κ3) is 6.62. The van der Waals surface area contributed by atoms with E-state index < -0.39 is 98.7 Å². The molecule has 13 rings (SSSR count).